The molecule has 0 aromatic carbocycles. The number of amides is 1. The van der Waals surface area contributed by atoms with Gasteiger partial charge in [0.1, 0.15) is 0 Å². The van der Waals surface area contributed by atoms with Crippen LogP contribution in [0.5, 0.6) is 0 Å². The first-order valence-electron chi connectivity index (χ1n) is 8.14. The van der Waals surface area contributed by atoms with Gasteiger partial charge in [0, 0.05) is 13.6 Å². The fourth-order valence-corrected chi connectivity index (χ4v) is 3.87. The number of nitrogens with zero attached hydrogens (tertiary/aromatic N) is 1. The Labute approximate surface area is 118 Å². The third-order valence-corrected chi connectivity index (χ3v) is 5.29. The van der Waals surface area contributed by atoms with Crippen LogP contribution in [0.15, 0.2) is 0 Å². The highest BCUT2D eigenvalue weighted by Gasteiger charge is 2.39. The average molecular weight is 266 g/mol. The van der Waals surface area contributed by atoms with Gasteiger partial charge < -0.3 is 10.2 Å². The summed E-state index contributed by atoms with van der Waals surface area (Å²) < 4.78 is 0. The van der Waals surface area contributed by atoms with Gasteiger partial charge in [-0.15, -0.1) is 0 Å². The average Bonchev–Trinajstić information content (AvgIpc) is 2.48. The first-order valence-corrected chi connectivity index (χ1v) is 8.14. The van der Waals surface area contributed by atoms with Crippen molar-refractivity contribution in [1.82, 2.24) is 10.2 Å². The number of nitrogens with one attached hydrogen (secondary N) is 1. The van der Waals surface area contributed by atoms with E-state index in [0.29, 0.717) is 5.91 Å². The molecule has 3 heteroatoms. The van der Waals surface area contributed by atoms with E-state index in [1.165, 1.54) is 32.1 Å². The maximum absolute atomic E-state index is 12.8. The minimum Gasteiger partial charge on any atom is -0.345 e. The maximum atomic E-state index is 12.8. The van der Waals surface area contributed by atoms with Crippen molar-refractivity contribution in [1.29, 1.82) is 0 Å². The van der Waals surface area contributed by atoms with E-state index < -0.39 is 0 Å². The molecule has 1 heterocycles. The summed E-state index contributed by atoms with van der Waals surface area (Å²) in [7, 11) is 2.02. The van der Waals surface area contributed by atoms with E-state index in [2.05, 4.69) is 12.2 Å². The van der Waals surface area contributed by atoms with Crippen molar-refractivity contribution in [2.24, 2.45) is 11.3 Å². The van der Waals surface area contributed by atoms with Crippen molar-refractivity contribution in [2.75, 3.05) is 26.7 Å². The topological polar surface area (TPSA) is 32.3 Å². The lowest BCUT2D eigenvalue weighted by atomic mass is 9.75. The molecule has 2 fully saturated rings. The van der Waals surface area contributed by atoms with Gasteiger partial charge >= 0.3 is 0 Å². The molecule has 0 atom stereocenters. The van der Waals surface area contributed by atoms with Crippen LogP contribution in [0, 0.1) is 11.3 Å². The third kappa shape index (κ3) is 3.50. The van der Waals surface area contributed by atoms with Gasteiger partial charge in [0.15, 0.2) is 0 Å². The van der Waals surface area contributed by atoms with Crippen LogP contribution in [0.3, 0.4) is 0 Å². The zero-order chi connectivity index (χ0) is 13.7. The highest BCUT2D eigenvalue weighted by molar-refractivity contribution is 5.82. The third-order valence-electron chi connectivity index (χ3n) is 5.29. The Balaban J connectivity index is 1.92. The van der Waals surface area contributed by atoms with Crippen molar-refractivity contribution in [3.8, 4) is 0 Å². The van der Waals surface area contributed by atoms with E-state index in [4.69, 9.17) is 0 Å². The van der Waals surface area contributed by atoms with Crippen LogP contribution < -0.4 is 5.32 Å². The summed E-state index contributed by atoms with van der Waals surface area (Å²) in [5.41, 5.74) is -0.0747. The number of piperidine rings is 1. The molecule has 0 spiro atoms. The summed E-state index contributed by atoms with van der Waals surface area (Å²) in [4.78, 5) is 14.9. The predicted octanol–water partition coefficient (Wildman–Crippen LogP) is 2.80. The fraction of sp³-hybridized carbons (Fsp3) is 0.938. The highest BCUT2D eigenvalue weighted by atomic mass is 16.2. The van der Waals surface area contributed by atoms with Gasteiger partial charge in [-0.2, -0.15) is 0 Å². The van der Waals surface area contributed by atoms with Crippen LogP contribution in [-0.4, -0.2) is 37.5 Å². The van der Waals surface area contributed by atoms with Crippen molar-refractivity contribution in [2.45, 2.75) is 58.3 Å². The molecule has 0 unspecified atom stereocenters. The summed E-state index contributed by atoms with van der Waals surface area (Å²) in [5.74, 6) is 1.15. The molecule has 0 aromatic heterocycles. The SMILES string of the molecule is CCC1(C(=O)N(C)CC2CCCCC2)CCNCC1. The van der Waals surface area contributed by atoms with Gasteiger partial charge in [-0.1, -0.05) is 26.2 Å². The Morgan fingerprint density at radius 3 is 2.42 bits per heavy atom. The Bertz CT molecular complexity index is 291. The number of carbonyl (C=O) groups excluding carboxylic acids is 1. The molecule has 1 saturated carbocycles. The van der Waals surface area contributed by atoms with Gasteiger partial charge in [-0.3, -0.25) is 4.79 Å². The monoisotopic (exact) mass is 266 g/mol. The maximum Gasteiger partial charge on any atom is 0.228 e. The van der Waals surface area contributed by atoms with E-state index >= 15 is 0 Å². The molecule has 1 saturated heterocycles. The molecule has 1 N–H and O–H groups in total. The Kier molecular flexibility index (Phi) is 5.26. The van der Waals surface area contributed by atoms with Gasteiger partial charge in [-0.05, 0) is 51.1 Å². The molecular formula is C16H30N2O. The number of hydrogen-bond donors (Lipinski definition) is 1. The van der Waals surface area contributed by atoms with Crippen LogP contribution in [0.25, 0.3) is 0 Å². The molecule has 1 amide bonds. The Hall–Kier alpha value is -0.570. The molecule has 1 aliphatic heterocycles. The van der Waals surface area contributed by atoms with Crippen molar-refractivity contribution < 1.29 is 4.79 Å². The standard InChI is InChI=1S/C16H30N2O/c1-3-16(9-11-17-12-10-16)15(19)18(2)13-14-7-5-4-6-8-14/h14,17H,3-13H2,1-2H3. The molecule has 0 radical (unpaired) electrons. The first-order chi connectivity index (χ1) is 9.18. The smallest absolute Gasteiger partial charge is 0.228 e. The van der Waals surface area contributed by atoms with Crippen LogP contribution in [0.1, 0.15) is 58.3 Å². The minimum absolute atomic E-state index is 0.0747. The van der Waals surface area contributed by atoms with Crippen molar-refractivity contribution in [3.05, 3.63) is 0 Å². The zero-order valence-electron chi connectivity index (χ0n) is 12.7. The second-order valence-electron chi connectivity index (χ2n) is 6.57. The summed E-state index contributed by atoms with van der Waals surface area (Å²) in [6.45, 7) is 5.15. The molecule has 0 aromatic rings. The van der Waals surface area contributed by atoms with Crippen LogP contribution in [0.2, 0.25) is 0 Å². The quantitative estimate of drug-likeness (QED) is 0.848. The summed E-state index contributed by atoms with van der Waals surface area (Å²) in [6.07, 6.45) is 9.75. The molecule has 110 valence electrons. The second kappa shape index (κ2) is 6.74. The van der Waals surface area contributed by atoms with Gasteiger partial charge in [-0.25, -0.2) is 0 Å². The van der Waals surface area contributed by atoms with E-state index in [-0.39, 0.29) is 5.41 Å². The second-order valence-corrected chi connectivity index (χ2v) is 6.57. The van der Waals surface area contributed by atoms with E-state index in [9.17, 15) is 4.79 Å². The largest absolute Gasteiger partial charge is 0.345 e. The molecule has 3 nitrogen and oxygen atoms in total. The van der Waals surface area contributed by atoms with Crippen LogP contribution >= 0.6 is 0 Å². The van der Waals surface area contributed by atoms with Crippen molar-refractivity contribution in [3.63, 3.8) is 0 Å². The molecular weight excluding hydrogens is 236 g/mol. The zero-order valence-corrected chi connectivity index (χ0v) is 12.7. The van der Waals surface area contributed by atoms with E-state index in [1.807, 2.05) is 11.9 Å². The normalized spacial score (nSPS) is 24.1. The van der Waals surface area contributed by atoms with Gasteiger partial charge in [0.05, 0.1) is 5.41 Å². The molecule has 2 rings (SSSR count). The summed E-state index contributed by atoms with van der Waals surface area (Å²) in [5, 5.41) is 3.38. The van der Waals surface area contributed by atoms with Gasteiger partial charge in [0.25, 0.3) is 0 Å². The van der Waals surface area contributed by atoms with Gasteiger partial charge in [0.2, 0.25) is 5.91 Å². The predicted molar refractivity (Wildman–Crippen MR) is 79.0 cm³/mol. The molecule has 2 aliphatic rings. The molecule has 1 aliphatic carbocycles. The summed E-state index contributed by atoms with van der Waals surface area (Å²) in [6, 6.07) is 0. The lowest BCUT2D eigenvalue weighted by molar-refractivity contribution is -0.143. The molecule has 19 heavy (non-hydrogen) atoms. The Morgan fingerprint density at radius 1 is 1.21 bits per heavy atom. The van der Waals surface area contributed by atoms with E-state index in [0.717, 1.165) is 44.8 Å². The number of carbonyl (C=O) groups is 1. The lowest BCUT2D eigenvalue weighted by Gasteiger charge is -2.39. The summed E-state index contributed by atoms with van der Waals surface area (Å²) >= 11 is 0. The van der Waals surface area contributed by atoms with Crippen LogP contribution in [-0.2, 0) is 4.79 Å². The van der Waals surface area contributed by atoms with Crippen LogP contribution in [0.4, 0.5) is 0 Å². The molecule has 0 bridgehead atoms. The number of rotatable bonds is 4. The highest BCUT2D eigenvalue weighted by Crippen LogP contribution is 2.35. The minimum atomic E-state index is -0.0747. The fourth-order valence-electron chi connectivity index (χ4n) is 3.87. The first kappa shape index (κ1) is 14.8. The number of hydrogen-bond acceptors (Lipinski definition) is 2. The van der Waals surface area contributed by atoms with E-state index in [1.54, 1.807) is 0 Å². The van der Waals surface area contributed by atoms with Crippen molar-refractivity contribution >= 4 is 5.91 Å². The Morgan fingerprint density at radius 2 is 1.84 bits per heavy atom. The lowest BCUT2D eigenvalue weighted by Crippen LogP contribution is -2.49.